The van der Waals surface area contributed by atoms with Gasteiger partial charge in [-0.2, -0.15) is 0 Å². The number of hydrogen-bond acceptors (Lipinski definition) is 2. The summed E-state index contributed by atoms with van der Waals surface area (Å²) in [5, 5.41) is 1.94. The van der Waals surface area contributed by atoms with Crippen molar-refractivity contribution in [2.45, 2.75) is 6.42 Å². The van der Waals surface area contributed by atoms with Crippen molar-refractivity contribution >= 4 is 11.3 Å². The van der Waals surface area contributed by atoms with Gasteiger partial charge in [-0.25, -0.2) is 9.37 Å². The zero-order valence-corrected chi connectivity index (χ0v) is 7.72. The summed E-state index contributed by atoms with van der Waals surface area (Å²) in [4.78, 5) is 4.10. The first kappa shape index (κ1) is 8.38. The van der Waals surface area contributed by atoms with Crippen molar-refractivity contribution in [3.05, 3.63) is 52.2 Å². The van der Waals surface area contributed by atoms with E-state index in [1.807, 2.05) is 11.4 Å². The molecule has 1 heterocycles. The molecule has 0 radical (unpaired) electrons. The molecule has 0 amide bonds. The molecule has 0 spiro atoms. The number of aromatic nitrogens is 1. The Kier molecular flexibility index (Phi) is 2.36. The first-order valence-electron chi connectivity index (χ1n) is 3.97. The van der Waals surface area contributed by atoms with Crippen LogP contribution >= 0.6 is 11.3 Å². The van der Waals surface area contributed by atoms with Crippen LogP contribution in [-0.4, -0.2) is 4.98 Å². The van der Waals surface area contributed by atoms with Crippen LogP contribution in [0.5, 0.6) is 0 Å². The van der Waals surface area contributed by atoms with Crippen molar-refractivity contribution < 1.29 is 4.39 Å². The molecule has 2 aromatic rings. The molecular formula is C10H8FNS. The molecule has 0 atom stereocenters. The molecule has 1 aromatic heterocycles. The third-order valence-corrected chi connectivity index (χ3v) is 2.45. The van der Waals surface area contributed by atoms with Crippen LogP contribution in [-0.2, 0) is 6.42 Å². The highest BCUT2D eigenvalue weighted by molar-refractivity contribution is 7.07. The minimum atomic E-state index is -0.157. The fourth-order valence-electron chi connectivity index (χ4n) is 1.16. The molecule has 0 saturated carbocycles. The predicted octanol–water partition coefficient (Wildman–Crippen LogP) is 2.87. The van der Waals surface area contributed by atoms with E-state index in [0.717, 1.165) is 5.69 Å². The van der Waals surface area contributed by atoms with Crippen LogP contribution in [0.15, 0.2) is 35.2 Å². The second-order valence-electron chi connectivity index (χ2n) is 2.75. The van der Waals surface area contributed by atoms with E-state index in [0.29, 0.717) is 12.0 Å². The lowest BCUT2D eigenvalue weighted by atomic mass is 10.1. The summed E-state index contributed by atoms with van der Waals surface area (Å²) in [6.07, 6.45) is 0.580. The molecule has 0 bridgehead atoms. The van der Waals surface area contributed by atoms with Crippen LogP contribution in [0.1, 0.15) is 11.3 Å². The second-order valence-corrected chi connectivity index (χ2v) is 3.47. The van der Waals surface area contributed by atoms with Crippen LogP contribution < -0.4 is 0 Å². The zero-order chi connectivity index (χ0) is 9.10. The Morgan fingerprint density at radius 3 is 2.85 bits per heavy atom. The van der Waals surface area contributed by atoms with Crippen molar-refractivity contribution in [1.82, 2.24) is 4.98 Å². The third kappa shape index (κ3) is 1.92. The molecule has 0 saturated heterocycles. The summed E-state index contributed by atoms with van der Waals surface area (Å²) in [5.41, 5.74) is 3.39. The second kappa shape index (κ2) is 3.66. The number of rotatable bonds is 2. The van der Waals surface area contributed by atoms with Gasteiger partial charge in [0.2, 0.25) is 0 Å². The molecule has 1 aromatic carbocycles. The number of hydrogen-bond donors (Lipinski definition) is 0. The van der Waals surface area contributed by atoms with Gasteiger partial charge in [-0.1, -0.05) is 18.2 Å². The van der Waals surface area contributed by atoms with Gasteiger partial charge in [0.1, 0.15) is 5.82 Å². The molecule has 0 aliphatic carbocycles. The molecule has 0 fully saturated rings. The predicted molar refractivity (Wildman–Crippen MR) is 51.3 cm³/mol. The van der Waals surface area contributed by atoms with Crippen LogP contribution in [0.25, 0.3) is 0 Å². The average molecular weight is 193 g/mol. The SMILES string of the molecule is Fc1ccccc1Cc1cscn1. The zero-order valence-electron chi connectivity index (χ0n) is 6.90. The van der Waals surface area contributed by atoms with E-state index in [4.69, 9.17) is 0 Å². The van der Waals surface area contributed by atoms with Crippen molar-refractivity contribution in [2.24, 2.45) is 0 Å². The maximum atomic E-state index is 13.2. The van der Waals surface area contributed by atoms with Crippen LogP contribution in [0.2, 0.25) is 0 Å². The average Bonchev–Trinajstić information content (AvgIpc) is 2.61. The van der Waals surface area contributed by atoms with E-state index < -0.39 is 0 Å². The summed E-state index contributed by atoms with van der Waals surface area (Å²) < 4.78 is 13.2. The molecule has 0 aliphatic heterocycles. The first-order valence-corrected chi connectivity index (χ1v) is 4.91. The van der Waals surface area contributed by atoms with Gasteiger partial charge < -0.3 is 0 Å². The highest BCUT2D eigenvalue weighted by Crippen LogP contribution is 2.12. The minimum absolute atomic E-state index is 0.157. The number of halogens is 1. The fraction of sp³-hybridized carbons (Fsp3) is 0.100. The normalized spacial score (nSPS) is 10.2. The lowest BCUT2D eigenvalue weighted by Crippen LogP contribution is -1.91. The largest absolute Gasteiger partial charge is 0.249 e. The number of benzene rings is 1. The fourth-order valence-corrected chi connectivity index (χ4v) is 1.72. The molecule has 0 N–H and O–H groups in total. The van der Waals surface area contributed by atoms with Crippen LogP contribution in [0.4, 0.5) is 4.39 Å². The summed E-state index contributed by atoms with van der Waals surface area (Å²) in [6.45, 7) is 0. The van der Waals surface area contributed by atoms with Crippen LogP contribution in [0.3, 0.4) is 0 Å². The minimum Gasteiger partial charge on any atom is -0.249 e. The smallest absolute Gasteiger partial charge is 0.126 e. The van der Waals surface area contributed by atoms with Crippen molar-refractivity contribution in [2.75, 3.05) is 0 Å². The van der Waals surface area contributed by atoms with Crippen molar-refractivity contribution in [1.29, 1.82) is 0 Å². The highest BCUT2D eigenvalue weighted by atomic mass is 32.1. The van der Waals surface area contributed by atoms with Crippen LogP contribution in [0, 0.1) is 5.82 Å². The Morgan fingerprint density at radius 1 is 1.31 bits per heavy atom. The topological polar surface area (TPSA) is 12.9 Å². The van der Waals surface area contributed by atoms with E-state index in [1.54, 1.807) is 17.6 Å². The maximum absolute atomic E-state index is 13.2. The van der Waals surface area contributed by atoms with E-state index >= 15 is 0 Å². The summed E-state index contributed by atoms with van der Waals surface area (Å²) in [6, 6.07) is 6.79. The van der Waals surface area contributed by atoms with Gasteiger partial charge in [0.05, 0.1) is 11.2 Å². The Bertz CT molecular complexity index is 384. The van der Waals surface area contributed by atoms with E-state index in [-0.39, 0.29) is 5.82 Å². The molecule has 2 rings (SSSR count). The molecule has 66 valence electrons. The summed E-state index contributed by atoms with van der Waals surface area (Å²) in [7, 11) is 0. The summed E-state index contributed by atoms with van der Waals surface area (Å²) >= 11 is 1.53. The maximum Gasteiger partial charge on any atom is 0.126 e. The van der Waals surface area contributed by atoms with E-state index in [1.165, 1.54) is 17.4 Å². The number of thiazole rings is 1. The Labute approximate surface area is 79.9 Å². The lowest BCUT2D eigenvalue weighted by Gasteiger charge is -1.98. The van der Waals surface area contributed by atoms with Gasteiger partial charge >= 0.3 is 0 Å². The van der Waals surface area contributed by atoms with E-state index in [9.17, 15) is 4.39 Å². The van der Waals surface area contributed by atoms with Gasteiger partial charge in [0.15, 0.2) is 0 Å². The Balaban J connectivity index is 2.24. The van der Waals surface area contributed by atoms with Crippen molar-refractivity contribution in [3.8, 4) is 0 Å². The van der Waals surface area contributed by atoms with Gasteiger partial charge in [0, 0.05) is 11.8 Å². The Hall–Kier alpha value is -1.22. The Morgan fingerprint density at radius 2 is 2.15 bits per heavy atom. The van der Waals surface area contributed by atoms with Gasteiger partial charge in [-0.05, 0) is 11.6 Å². The first-order chi connectivity index (χ1) is 6.36. The standard InChI is InChI=1S/C10H8FNS/c11-10-4-2-1-3-8(10)5-9-6-13-7-12-9/h1-4,6-7H,5H2. The molecule has 1 nitrogen and oxygen atoms in total. The quantitative estimate of drug-likeness (QED) is 0.714. The summed E-state index contributed by atoms with van der Waals surface area (Å²) in [5.74, 6) is -0.157. The van der Waals surface area contributed by atoms with Gasteiger partial charge in [-0.15, -0.1) is 11.3 Å². The molecule has 0 unspecified atom stereocenters. The monoisotopic (exact) mass is 193 g/mol. The molecule has 0 aliphatic rings. The molecule has 3 heteroatoms. The molecule has 13 heavy (non-hydrogen) atoms. The van der Waals surface area contributed by atoms with Crippen molar-refractivity contribution in [3.63, 3.8) is 0 Å². The van der Waals surface area contributed by atoms with Gasteiger partial charge in [0.25, 0.3) is 0 Å². The highest BCUT2D eigenvalue weighted by Gasteiger charge is 2.02. The third-order valence-electron chi connectivity index (χ3n) is 1.81. The molecular weight excluding hydrogens is 185 g/mol. The lowest BCUT2D eigenvalue weighted by molar-refractivity contribution is 0.613. The number of nitrogens with zero attached hydrogens (tertiary/aromatic N) is 1. The van der Waals surface area contributed by atoms with Gasteiger partial charge in [-0.3, -0.25) is 0 Å². The van der Waals surface area contributed by atoms with E-state index in [2.05, 4.69) is 4.98 Å².